The van der Waals surface area contributed by atoms with Gasteiger partial charge in [-0.3, -0.25) is 4.57 Å². The minimum absolute atomic E-state index is 0.224. The van der Waals surface area contributed by atoms with Crippen LogP contribution in [0.3, 0.4) is 0 Å². The lowest BCUT2D eigenvalue weighted by Crippen LogP contribution is -2.39. The molecule has 0 spiro atoms. The molecule has 8 nitrogen and oxygen atoms in total. The average Bonchev–Trinajstić information content (AvgIpc) is 3.13. The van der Waals surface area contributed by atoms with Crippen LogP contribution < -0.4 is 15.2 Å². The number of aromatic nitrogens is 3. The molecule has 0 unspecified atom stereocenters. The Labute approximate surface area is 187 Å². The fraction of sp³-hybridized carbons (Fsp3) is 0.375. The van der Waals surface area contributed by atoms with Gasteiger partial charge in [-0.1, -0.05) is 24.3 Å². The molecule has 3 aromatic rings. The maximum atomic E-state index is 12.2. The number of aromatic amines is 1. The number of aryl methyl sites for hydroxylation is 2. The molecule has 0 amide bonds. The van der Waals surface area contributed by atoms with E-state index in [1.807, 2.05) is 48.5 Å². The van der Waals surface area contributed by atoms with Gasteiger partial charge in [-0.05, 0) is 62.1 Å². The summed E-state index contributed by atoms with van der Waals surface area (Å²) in [6.45, 7) is 3.77. The molecular weight excluding hydrogens is 410 g/mol. The Kier molecular flexibility index (Phi) is 7.35. The van der Waals surface area contributed by atoms with Crippen LogP contribution >= 0.6 is 0 Å². The van der Waals surface area contributed by atoms with Crippen LogP contribution in [0, 0.1) is 0 Å². The maximum absolute atomic E-state index is 12.2. The van der Waals surface area contributed by atoms with Gasteiger partial charge in [0.15, 0.2) is 5.60 Å². The van der Waals surface area contributed by atoms with E-state index < -0.39 is 11.6 Å². The summed E-state index contributed by atoms with van der Waals surface area (Å²) in [4.78, 5) is 24.0. The van der Waals surface area contributed by atoms with Gasteiger partial charge < -0.3 is 14.2 Å². The molecule has 3 rings (SSSR count). The van der Waals surface area contributed by atoms with Crippen molar-refractivity contribution < 1.29 is 19.0 Å². The molecule has 1 heterocycles. The number of hydrogen-bond acceptors (Lipinski definition) is 6. The van der Waals surface area contributed by atoms with E-state index in [-0.39, 0.29) is 5.69 Å². The third kappa shape index (κ3) is 5.78. The zero-order valence-corrected chi connectivity index (χ0v) is 18.9. The van der Waals surface area contributed by atoms with Crippen LogP contribution in [0.1, 0.15) is 37.2 Å². The standard InChI is InChI=1S/C24H29N3O5/c1-24(2,22(28)31-4)32-19-13-11-17(12-14-19)7-6-10-21-25-26-23(29)27(21)16-18-8-5-9-20(15-18)30-3/h5,8-9,11-15H,6-7,10,16H2,1-4H3,(H,26,29). The quantitative estimate of drug-likeness (QED) is 0.488. The van der Waals surface area contributed by atoms with E-state index in [2.05, 4.69) is 10.2 Å². The van der Waals surface area contributed by atoms with Crippen molar-refractivity contribution in [3.8, 4) is 11.5 Å². The number of nitrogens with zero attached hydrogens (tertiary/aromatic N) is 2. The van der Waals surface area contributed by atoms with Crippen LogP contribution in [0.2, 0.25) is 0 Å². The summed E-state index contributed by atoms with van der Waals surface area (Å²) < 4.78 is 17.4. The molecule has 0 saturated carbocycles. The number of benzene rings is 2. The Balaban J connectivity index is 1.58. The number of nitrogens with one attached hydrogen (secondary N) is 1. The lowest BCUT2D eigenvalue weighted by atomic mass is 10.1. The van der Waals surface area contributed by atoms with Crippen molar-refractivity contribution >= 4 is 5.97 Å². The van der Waals surface area contributed by atoms with Crippen molar-refractivity contribution in [2.45, 2.75) is 45.3 Å². The van der Waals surface area contributed by atoms with Gasteiger partial charge in [-0.2, -0.15) is 5.10 Å². The monoisotopic (exact) mass is 439 g/mol. The Morgan fingerprint density at radius 2 is 1.78 bits per heavy atom. The molecular formula is C24H29N3O5. The Hall–Kier alpha value is -3.55. The highest BCUT2D eigenvalue weighted by atomic mass is 16.6. The summed E-state index contributed by atoms with van der Waals surface area (Å²) in [6, 6.07) is 15.3. The lowest BCUT2D eigenvalue weighted by molar-refractivity contribution is -0.156. The molecule has 0 atom stereocenters. The highest BCUT2D eigenvalue weighted by molar-refractivity contribution is 5.78. The Bertz CT molecular complexity index is 1100. The van der Waals surface area contributed by atoms with Crippen molar-refractivity contribution in [3.63, 3.8) is 0 Å². The van der Waals surface area contributed by atoms with E-state index >= 15 is 0 Å². The van der Waals surface area contributed by atoms with Crippen LogP contribution in [0.5, 0.6) is 11.5 Å². The summed E-state index contributed by atoms with van der Waals surface area (Å²) in [5, 5.41) is 6.74. The number of H-pyrrole nitrogens is 1. The molecule has 0 saturated heterocycles. The van der Waals surface area contributed by atoms with Gasteiger partial charge in [-0.15, -0.1) is 0 Å². The first-order valence-corrected chi connectivity index (χ1v) is 10.5. The molecule has 8 heteroatoms. The second-order valence-corrected chi connectivity index (χ2v) is 7.98. The van der Waals surface area contributed by atoms with Gasteiger partial charge in [0.05, 0.1) is 20.8 Å². The molecule has 2 aromatic carbocycles. The van der Waals surface area contributed by atoms with Crippen LogP contribution in [0.4, 0.5) is 0 Å². The summed E-state index contributed by atoms with van der Waals surface area (Å²) in [5.74, 6) is 1.64. The van der Waals surface area contributed by atoms with E-state index in [1.165, 1.54) is 7.11 Å². The topological polar surface area (TPSA) is 95.4 Å². The molecule has 0 aliphatic rings. The largest absolute Gasteiger partial charge is 0.497 e. The van der Waals surface area contributed by atoms with Crippen LogP contribution in [-0.4, -0.2) is 40.6 Å². The number of methoxy groups -OCH3 is 2. The highest BCUT2D eigenvalue weighted by Crippen LogP contribution is 2.21. The molecule has 0 fully saturated rings. The van der Waals surface area contributed by atoms with Gasteiger partial charge >= 0.3 is 11.7 Å². The molecule has 0 bridgehead atoms. The van der Waals surface area contributed by atoms with E-state index in [4.69, 9.17) is 14.2 Å². The van der Waals surface area contributed by atoms with Crippen LogP contribution in [-0.2, 0) is 28.9 Å². The van der Waals surface area contributed by atoms with Gasteiger partial charge in [0.1, 0.15) is 17.3 Å². The second-order valence-electron chi connectivity index (χ2n) is 7.98. The number of carbonyl (C=O) groups is 1. The smallest absolute Gasteiger partial charge is 0.349 e. The lowest BCUT2D eigenvalue weighted by Gasteiger charge is -2.23. The van der Waals surface area contributed by atoms with Crippen molar-refractivity contribution in [1.29, 1.82) is 0 Å². The predicted molar refractivity (Wildman–Crippen MR) is 120 cm³/mol. The van der Waals surface area contributed by atoms with E-state index in [0.29, 0.717) is 18.7 Å². The predicted octanol–water partition coefficient (Wildman–Crippen LogP) is 3.13. The van der Waals surface area contributed by atoms with Crippen molar-refractivity contribution in [2.75, 3.05) is 14.2 Å². The number of rotatable bonds is 10. The first-order chi connectivity index (χ1) is 15.3. The van der Waals surface area contributed by atoms with Crippen molar-refractivity contribution in [3.05, 3.63) is 76.0 Å². The molecule has 1 aromatic heterocycles. The SMILES string of the molecule is COC(=O)C(C)(C)Oc1ccc(CCCc2n[nH]c(=O)n2Cc2cccc(OC)c2)cc1. The molecule has 1 N–H and O–H groups in total. The summed E-state index contributed by atoms with van der Waals surface area (Å²) >= 11 is 0. The Morgan fingerprint density at radius 3 is 2.47 bits per heavy atom. The van der Waals surface area contributed by atoms with E-state index in [0.717, 1.165) is 35.5 Å². The molecule has 170 valence electrons. The first kappa shape index (κ1) is 23.1. The fourth-order valence-electron chi connectivity index (χ4n) is 3.41. The minimum Gasteiger partial charge on any atom is -0.497 e. The molecule has 32 heavy (non-hydrogen) atoms. The van der Waals surface area contributed by atoms with Gasteiger partial charge in [0, 0.05) is 6.42 Å². The van der Waals surface area contributed by atoms with Gasteiger partial charge in [0.25, 0.3) is 0 Å². The van der Waals surface area contributed by atoms with Crippen molar-refractivity contribution in [2.24, 2.45) is 0 Å². The average molecular weight is 440 g/mol. The summed E-state index contributed by atoms with van der Waals surface area (Å²) in [5.41, 5.74) is 0.824. The zero-order chi connectivity index (χ0) is 23.1. The molecule has 0 aliphatic carbocycles. The third-order valence-corrected chi connectivity index (χ3v) is 5.15. The van der Waals surface area contributed by atoms with Crippen LogP contribution in [0.15, 0.2) is 53.3 Å². The number of esters is 1. The van der Waals surface area contributed by atoms with Crippen molar-refractivity contribution in [1.82, 2.24) is 14.8 Å². The number of carbonyl (C=O) groups excluding carboxylic acids is 1. The second kappa shape index (κ2) is 10.2. The molecule has 0 aliphatic heterocycles. The molecule has 0 radical (unpaired) electrons. The minimum atomic E-state index is -1.05. The number of ether oxygens (including phenoxy) is 3. The van der Waals surface area contributed by atoms with E-state index in [1.54, 1.807) is 25.5 Å². The number of hydrogen-bond donors (Lipinski definition) is 1. The van der Waals surface area contributed by atoms with Crippen LogP contribution in [0.25, 0.3) is 0 Å². The van der Waals surface area contributed by atoms with Gasteiger partial charge in [0.2, 0.25) is 0 Å². The maximum Gasteiger partial charge on any atom is 0.349 e. The first-order valence-electron chi connectivity index (χ1n) is 10.5. The highest BCUT2D eigenvalue weighted by Gasteiger charge is 2.30. The van der Waals surface area contributed by atoms with Gasteiger partial charge in [-0.25, -0.2) is 14.7 Å². The normalized spacial score (nSPS) is 11.2. The van der Waals surface area contributed by atoms with E-state index in [9.17, 15) is 9.59 Å². The zero-order valence-electron chi connectivity index (χ0n) is 18.9. The summed E-state index contributed by atoms with van der Waals surface area (Å²) in [7, 11) is 2.96. The fourth-order valence-corrected chi connectivity index (χ4v) is 3.41. The third-order valence-electron chi connectivity index (χ3n) is 5.15. The summed E-state index contributed by atoms with van der Waals surface area (Å²) in [6.07, 6.45) is 2.31. The Morgan fingerprint density at radius 1 is 1.03 bits per heavy atom.